The maximum atomic E-state index is 12.8. The Kier molecular flexibility index (Phi) is 3.50. The average molecular weight is 342 g/mol. The van der Waals surface area contributed by atoms with Crippen molar-refractivity contribution in [2.45, 2.75) is 4.90 Å². The third-order valence-corrected chi connectivity index (χ3v) is 5.16. The molecule has 0 amide bonds. The number of hydrogen-bond donors (Lipinski definition) is 1. The minimum atomic E-state index is -3.74. The van der Waals surface area contributed by atoms with Crippen molar-refractivity contribution in [3.63, 3.8) is 0 Å². The molecule has 4 rings (SSSR count). The van der Waals surface area contributed by atoms with Crippen molar-refractivity contribution in [2.24, 2.45) is 0 Å². The third kappa shape index (κ3) is 2.63. The Bertz CT molecular complexity index is 1010. The summed E-state index contributed by atoms with van der Waals surface area (Å²) >= 11 is 0. The topological polar surface area (TPSA) is 77.5 Å². The molecule has 122 valence electrons. The van der Waals surface area contributed by atoms with E-state index in [1.54, 1.807) is 48.8 Å². The van der Waals surface area contributed by atoms with E-state index in [0.717, 1.165) is 5.39 Å². The molecule has 0 spiro atoms. The molecule has 6 nitrogen and oxygen atoms in total. The fraction of sp³-hybridized carbons (Fsp3) is 0.118. The zero-order chi connectivity index (χ0) is 16.6. The van der Waals surface area contributed by atoms with Gasteiger partial charge in [-0.25, -0.2) is 8.42 Å². The van der Waals surface area contributed by atoms with Gasteiger partial charge >= 0.3 is 0 Å². The smallest absolute Gasteiger partial charge is 0.262 e. The standard InChI is InChI=1S/C17H14N2O4S/c20-24(21,17-3-1-2-12-11-18-7-6-14(12)17)19-13-4-5-15-16(10-13)23-9-8-22-15/h1-7,10-11,19H,8-9H2. The molecule has 1 aliphatic rings. The summed E-state index contributed by atoms with van der Waals surface area (Å²) in [7, 11) is -3.74. The Labute approximate surface area is 139 Å². The summed E-state index contributed by atoms with van der Waals surface area (Å²) in [4.78, 5) is 4.23. The van der Waals surface area contributed by atoms with Gasteiger partial charge in [-0.2, -0.15) is 0 Å². The van der Waals surface area contributed by atoms with Crippen molar-refractivity contribution in [3.8, 4) is 11.5 Å². The maximum absolute atomic E-state index is 12.8. The molecule has 0 atom stereocenters. The molecule has 0 saturated heterocycles. The minimum Gasteiger partial charge on any atom is -0.486 e. The van der Waals surface area contributed by atoms with E-state index in [1.165, 1.54) is 0 Å². The van der Waals surface area contributed by atoms with Gasteiger partial charge in [0.1, 0.15) is 13.2 Å². The van der Waals surface area contributed by atoms with Crippen molar-refractivity contribution in [1.82, 2.24) is 4.98 Å². The van der Waals surface area contributed by atoms with Gasteiger partial charge in [-0.1, -0.05) is 12.1 Å². The largest absolute Gasteiger partial charge is 0.486 e. The Balaban J connectivity index is 1.73. The SMILES string of the molecule is O=S(=O)(Nc1ccc2c(c1)OCCO2)c1cccc2cnccc12. The number of aromatic nitrogens is 1. The first-order valence-electron chi connectivity index (χ1n) is 7.39. The second-order valence-corrected chi connectivity index (χ2v) is 6.97. The Morgan fingerprint density at radius 3 is 2.71 bits per heavy atom. The van der Waals surface area contributed by atoms with E-state index >= 15 is 0 Å². The van der Waals surface area contributed by atoms with E-state index < -0.39 is 10.0 Å². The zero-order valence-corrected chi connectivity index (χ0v) is 13.4. The molecule has 0 fully saturated rings. The third-order valence-electron chi connectivity index (χ3n) is 3.72. The summed E-state index contributed by atoms with van der Waals surface area (Å²) in [6, 6.07) is 11.8. The van der Waals surface area contributed by atoms with Crippen LogP contribution in [0.3, 0.4) is 0 Å². The average Bonchev–Trinajstić information content (AvgIpc) is 2.61. The minimum absolute atomic E-state index is 0.206. The van der Waals surface area contributed by atoms with Gasteiger partial charge in [-0.3, -0.25) is 9.71 Å². The number of nitrogens with one attached hydrogen (secondary N) is 1. The van der Waals surface area contributed by atoms with E-state index in [2.05, 4.69) is 9.71 Å². The highest BCUT2D eigenvalue weighted by Gasteiger charge is 2.19. The van der Waals surface area contributed by atoms with Gasteiger partial charge in [0.05, 0.1) is 10.6 Å². The van der Waals surface area contributed by atoms with Crippen LogP contribution < -0.4 is 14.2 Å². The molecule has 0 aliphatic carbocycles. The predicted molar refractivity (Wildman–Crippen MR) is 90.0 cm³/mol. The molecule has 0 bridgehead atoms. The molecule has 7 heteroatoms. The van der Waals surface area contributed by atoms with Gasteiger partial charge in [-0.05, 0) is 24.3 Å². The van der Waals surface area contributed by atoms with Crippen LogP contribution in [0.15, 0.2) is 59.8 Å². The van der Waals surface area contributed by atoms with Crippen LogP contribution in [0, 0.1) is 0 Å². The molecule has 1 aromatic heterocycles. The highest BCUT2D eigenvalue weighted by Crippen LogP contribution is 2.33. The highest BCUT2D eigenvalue weighted by molar-refractivity contribution is 7.93. The van der Waals surface area contributed by atoms with Crippen LogP contribution in [-0.4, -0.2) is 26.6 Å². The van der Waals surface area contributed by atoms with Crippen molar-refractivity contribution >= 4 is 26.5 Å². The molecule has 2 heterocycles. The molecular formula is C17H14N2O4S. The number of hydrogen-bond acceptors (Lipinski definition) is 5. The van der Waals surface area contributed by atoms with Gasteiger partial charge < -0.3 is 9.47 Å². The van der Waals surface area contributed by atoms with Gasteiger partial charge in [0.25, 0.3) is 10.0 Å². The summed E-state index contributed by atoms with van der Waals surface area (Å²) in [5.41, 5.74) is 0.422. The number of anilines is 1. The summed E-state index contributed by atoms with van der Waals surface area (Å²) in [6.45, 7) is 0.932. The second kappa shape index (κ2) is 5.68. The summed E-state index contributed by atoms with van der Waals surface area (Å²) in [5.74, 6) is 1.14. The molecule has 0 radical (unpaired) electrons. The van der Waals surface area contributed by atoms with Crippen LogP contribution in [0.1, 0.15) is 0 Å². The van der Waals surface area contributed by atoms with Gasteiger partial charge in [-0.15, -0.1) is 0 Å². The first kappa shape index (κ1) is 14.8. The summed E-state index contributed by atoms with van der Waals surface area (Å²) in [5, 5.41) is 1.39. The van der Waals surface area contributed by atoms with E-state index in [1.807, 2.05) is 6.07 Å². The predicted octanol–water partition coefficient (Wildman–Crippen LogP) is 2.81. The Morgan fingerprint density at radius 2 is 1.83 bits per heavy atom. The fourth-order valence-electron chi connectivity index (χ4n) is 2.64. The van der Waals surface area contributed by atoms with Crippen molar-refractivity contribution in [2.75, 3.05) is 17.9 Å². The number of benzene rings is 2. The van der Waals surface area contributed by atoms with Crippen molar-refractivity contribution < 1.29 is 17.9 Å². The lowest BCUT2D eigenvalue weighted by Crippen LogP contribution is -2.17. The van der Waals surface area contributed by atoms with Crippen molar-refractivity contribution in [3.05, 3.63) is 54.9 Å². The lowest BCUT2D eigenvalue weighted by atomic mass is 10.2. The number of ether oxygens (including phenoxy) is 2. The number of fused-ring (bicyclic) bond motifs is 2. The Morgan fingerprint density at radius 1 is 1.00 bits per heavy atom. The van der Waals surface area contributed by atoms with Gasteiger partial charge in [0.2, 0.25) is 0 Å². The lowest BCUT2D eigenvalue weighted by molar-refractivity contribution is 0.171. The fourth-order valence-corrected chi connectivity index (χ4v) is 3.92. The van der Waals surface area contributed by atoms with Gasteiger partial charge in [0.15, 0.2) is 11.5 Å². The van der Waals surface area contributed by atoms with E-state index in [9.17, 15) is 8.42 Å². The first-order valence-corrected chi connectivity index (χ1v) is 8.87. The second-order valence-electron chi connectivity index (χ2n) is 5.32. The van der Waals surface area contributed by atoms with Crippen molar-refractivity contribution in [1.29, 1.82) is 0 Å². The number of pyridine rings is 1. The number of nitrogens with zero attached hydrogens (tertiary/aromatic N) is 1. The molecule has 1 N–H and O–H groups in total. The molecule has 3 aromatic rings. The van der Waals surface area contributed by atoms with Crippen LogP contribution in [0.5, 0.6) is 11.5 Å². The maximum Gasteiger partial charge on any atom is 0.262 e. The highest BCUT2D eigenvalue weighted by atomic mass is 32.2. The van der Waals surface area contributed by atoms with Crippen LogP contribution in [-0.2, 0) is 10.0 Å². The van der Waals surface area contributed by atoms with Crippen LogP contribution in [0.25, 0.3) is 10.8 Å². The van der Waals surface area contributed by atoms with Crippen LogP contribution >= 0.6 is 0 Å². The normalized spacial score (nSPS) is 13.7. The molecule has 1 aliphatic heterocycles. The lowest BCUT2D eigenvalue weighted by Gasteiger charge is -2.19. The van der Waals surface area contributed by atoms with Crippen LogP contribution in [0.4, 0.5) is 5.69 Å². The summed E-state index contributed by atoms with van der Waals surface area (Å²) in [6.07, 6.45) is 3.21. The van der Waals surface area contributed by atoms with Crippen LogP contribution in [0.2, 0.25) is 0 Å². The van der Waals surface area contributed by atoms with E-state index in [-0.39, 0.29) is 4.90 Å². The number of sulfonamides is 1. The van der Waals surface area contributed by atoms with E-state index in [4.69, 9.17) is 9.47 Å². The van der Waals surface area contributed by atoms with E-state index in [0.29, 0.717) is 35.8 Å². The molecular weight excluding hydrogens is 328 g/mol. The first-order chi connectivity index (χ1) is 11.6. The molecule has 2 aromatic carbocycles. The van der Waals surface area contributed by atoms with Gasteiger partial charge in [0, 0.05) is 29.2 Å². The molecule has 0 unspecified atom stereocenters. The summed E-state index contributed by atoms with van der Waals surface area (Å²) < 4.78 is 39.1. The monoisotopic (exact) mass is 342 g/mol. The Hall–Kier alpha value is -2.80. The number of rotatable bonds is 3. The molecule has 0 saturated carbocycles. The quantitative estimate of drug-likeness (QED) is 0.792. The molecule has 24 heavy (non-hydrogen) atoms. The zero-order valence-electron chi connectivity index (χ0n) is 12.6.